The molecule has 0 saturated carbocycles. The summed E-state index contributed by atoms with van der Waals surface area (Å²) in [5.74, 6) is -0.397. The summed E-state index contributed by atoms with van der Waals surface area (Å²) in [7, 11) is -2.18. The normalized spacial score (nSPS) is 16.1. The SMILES string of the molecule is COc1ccc(S(=O)(=O)N2CCC(C(=O)OCc3ccc(C(F)(F)F)cc3)CC2)cc1. The van der Waals surface area contributed by atoms with Crippen LogP contribution in [0, 0.1) is 5.92 Å². The predicted molar refractivity (Wildman–Crippen MR) is 106 cm³/mol. The molecule has 0 radical (unpaired) electrons. The van der Waals surface area contributed by atoms with Crippen LogP contribution in [0.5, 0.6) is 5.75 Å². The second-order valence-electron chi connectivity index (χ2n) is 7.16. The molecule has 168 valence electrons. The van der Waals surface area contributed by atoms with Crippen molar-refractivity contribution in [1.82, 2.24) is 4.31 Å². The molecule has 1 saturated heterocycles. The van der Waals surface area contributed by atoms with Crippen molar-refractivity contribution >= 4 is 16.0 Å². The Morgan fingerprint density at radius 3 is 2.13 bits per heavy atom. The predicted octanol–water partition coefficient (Wildman–Crippen LogP) is 3.86. The zero-order valence-corrected chi connectivity index (χ0v) is 17.6. The van der Waals surface area contributed by atoms with E-state index in [1.165, 1.54) is 35.7 Å². The fourth-order valence-corrected chi connectivity index (χ4v) is 4.76. The molecule has 1 fully saturated rings. The van der Waals surface area contributed by atoms with Gasteiger partial charge < -0.3 is 9.47 Å². The van der Waals surface area contributed by atoms with Gasteiger partial charge in [0, 0.05) is 13.1 Å². The minimum Gasteiger partial charge on any atom is -0.497 e. The van der Waals surface area contributed by atoms with Gasteiger partial charge in [-0.3, -0.25) is 4.79 Å². The average molecular weight is 457 g/mol. The average Bonchev–Trinajstić information content (AvgIpc) is 2.77. The standard InChI is InChI=1S/C21H22F3NO5S/c1-29-18-6-8-19(9-7-18)31(27,28)25-12-10-16(11-13-25)20(26)30-14-15-2-4-17(5-3-15)21(22,23)24/h2-9,16H,10-14H2,1H3. The molecule has 0 aromatic heterocycles. The number of hydrogen-bond acceptors (Lipinski definition) is 5. The molecule has 0 N–H and O–H groups in total. The van der Waals surface area contributed by atoms with Crippen molar-refractivity contribution in [2.24, 2.45) is 5.92 Å². The minimum absolute atomic E-state index is 0.138. The number of methoxy groups -OCH3 is 1. The number of alkyl halides is 3. The van der Waals surface area contributed by atoms with Gasteiger partial charge in [0.15, 0.2) is 0 Å². The van der Waals surface area contributed by atoms with E-state index in [2.05, 4.69) is 0 Å². The molecule has 31 heavy (non-hydrogen) atoms. The topological polar surface area (TPSA) is 72.9 Å². The monoisotopic (exact) mass is 457 g/mol. The van der Waals surface area contributed by atoms with Crippen LogP contribution >= 0.6 is 0 Å². The number of ether oxygens (including phenoxy) is 2. The lowest BCUT2D eigenvalue weighted by Crippen LogP contribution is -2.40. The lowest BCUT2D eigenvalue weighted by Gasteiger charge is -2.30. The molecule has 2 aromatic carbocycles. The Morgan fingerprint density at radius 2 is 1.61 bits per heavy atom. The fraction of sp³-hybridized carbons (Fsp3) is 0.381. The molecule has 0 aliphatic carbocycles. The molecule has 10 heteroatoms. The summed E-state index contributed by atoms with van der Waals surface area (Å²) in [6, 6.07) is 10.5. The number of sulfonamides is 1. The van der Waals surface area contributed by atoms with E-state index in [-0.39, 0.29) is 24.6 Å². The van der Waals surface area contributed by atoms with Crippen LogP contribution in [0.4, 0.5) is 13.2 Å². The summed E-state index contributed by atoms with van der Waals surface area (Å²) in [4.78, 5) is 12.5. The minimum atomic E-state index is -4.42. The summed E-state index contributed by atoms with van der Waals surface area (Å²) in [6.07, 6.45) is -3.81. The van der Waals surface area contributed by atoms with E-state index in [1.54, 1.807) is 12.1 Å². The molecule has 2 aromatic rings. The van der Waals surface area contributed by atoms with E-state index in [0.717, 1.165) is 12.1 Å². The van der Waals surface area contributed by atoms with Crippen molar-refractivity contribution in [2.75, 3.05) is 20.2 Å². The summed E-state index contributed by atoms with van der Waals surface area (Å²) >= 11 is 0. The van der Waals surface area contributed by atoms with Crippen LogP contribution in [0.25, 0.3) is 0 Å². The van der Waals surface area contributed by atoms with E-state index < -0.39 is 33.7 Å². The van der Waals surface area contributed by atoms with Gasteiger partial charge in [0.2, 0.25) is 10.0 Å². The Morgan fingerprint density at radius 1 is 1.03 bits per heavy atom. The largest absolute Gasteiger partial charge is 0.497 e. The molecule has 1 aliphatic rings. The Kier molecular flexibility index (Phi) is 6.90. The highest BCUT2D eigenvalue weighted by atomic mass is 32.2. The third-order valence-electron chi connectivity index (χ3n) is 5.15. The van der Waals surface area contributed by atoms with Crippen molar-refractivity contribution in [1.29, 1.82) is 0 Å². The Labute approximate surface area is 178 Å². The van der Waals surface area contributed by atoms with Crippen LogP contribution < -0.4 is 4.74 Å². The van der Waals surface area contributed by atoms with Crippen molar-refractivity contribution in [3.63, 3.8) is 0 Å². The Hall–Kier alpha value is -2.59. The smallest absolute Gasteiger partial charge is 0.416 e. The molecular formula is C21H22F3NO5S. The fourth-order valence-electron chi connectivity index (χ4n) is 3.29. The lowest BCUT2D eigenvalue weighted by molar-refractivity contribution is -0.151. The maximum Gasteiger partial charge on any atom is 0.416 e. The molecule has 0 amide bonds. The van der Waals surface area contributed by atoms with Crippen LogP contribution in [-0.4, -0.2) is 38.9 Å². The van der Waals surface area contributed by atoms with E-state index in [9.17, 15) is 26.4 Å². The molecule has 0 atom stereocenters. The third kappa shape index (κ3) is 5.56. The summed E-state index contributed by atoms with van der Waals surface area (Å²) < 4.78 is 74.9. The van der Waals surface area contributed by atoms with Gasteiger partial charge in [-0.25, -0.2) is 8.42 Å². The summed E-state index contributed by atoms with van der Waals surface area (Å²) in [6.45, 7) is 0.212. The van der Waals surface area contributed by atoms with Crippen molar-refractivity contribution in [3.05, 3.63) is 59.7 Å². The highest BCUT2D eigenvalue weighted by molar-refractivity contribution is 7.89. The Bertz CT molecular complexity index is 997. The van der Waals surface area contributed by atoms with Crippen molar-refractivity contribution in [3.8, 4) is 5.75 Å². The van der Waals surface area contributed by atoms with Crippen LogP contribution in [0.15, 0.2) is 53.4 Å². The Balaban J connectivity index is 1.52. The molecular weight excluding hydrogens is 435 g/mol. The molecule has 1 aliphatic heterocycles. The molecule has 0 spiro atoms. The molecule has 0 unspecified atom stereocenters. The van der Waals surface area contributed by atoms with Crippen LogP contribution in [0.3, 0.4) is 0 Å². The molecule has 0 bridgehead atoms. The van der Waals surface area contributed by atoms with Crippen LogP contribution in [0.1, 0.15) is 24.0 Å². The number of hydrogen-bond donors (Lipinski definition) is 0. The van der Waals surface area contributed by atoms with E-state index >= 15 is 0 Å². The van der Waals surface area contributed by atoms with Gasteiger partial charge in [-0.05, 0) is 54.8 Å². The van der Waals surface area contributed by atoms with Crippen molar-refractivity contribution < 1.29 is 35.9 Å². The van der Waals surface area contributed by atoms with Crippen LogP contribution in [-0.2, 0) is 32.3 Å². The van der Waals surface area contributed by atoms with Gasteiger partial charge in [-0.2, -0.15) is 17.5 Å². The molecule has 6 nitrogen and oxygen atoms in total. The number of rotatable bonds is 6. The first-order valence-corrected chi connectivity index (χ1v) is 11.0. The number of carbonyl (C=O) groups is 1. The lowest BCUT2D eigenvalue weighted by atomic mass is 9.98. The van der Waals surface area contributed by atoms with Gasteiger partial charge in [-0.1, -0.05) is 12.1 Å². The summed E-state index contributed by atoms with van der Waals surface area (Å²) in [5.41, 5.74) is -0.325. The van der Waals surface area contributed by atoms with Gasteiger partial charge in [-0.15, -0.1) is 0 Å². The number of nitrogens with zero attached hydrogens (tertiary/aromatic N) is 1. The maximum absolute atomic E-state index is 12.8. The summed E-state index contributed by atoms with van der Waals surface area (Å²) in [5, 5.41) is 0. The maximum atomic E-state index is 12.8. The molecule has 1 heterocycles. The first kappa shape index (κ1) is 23.1. The van der Waals surface area contributed by atoms with Gasteiger partial charge >= 0.3 is 12.1 Å². The van der Waals surface area contributed by atoms with Crippen LogP contribution in [0.2, 0.25) is 0 Å². The number of esters is 1. The first-order valence-electron chi connectivity index (χ1n) is 9.58. The highest BCUT2D eigenvalue weighted by Crippen LogP contribution is 2.29. The number of halogens is 3. The van der Waals surface area contributed by atoms with Gasteiger partial charge in [0.1, 0.15) is 12.4 Å². The quantitative estimate of drug-likeness (QED) is 0.616. The van der Waals surface area contributed by atoms with E-state index in [1.807, 2.05) is 0 Å². The molecule has 3 rings (SSSR count). The van der Waals surface area contributed by atoms with Crippen molar-refractivity contribution in [2.45, 2.75) is 30.5 Å². The zero-order valence-electron chi connectivity index (χ0n) is 16.8. The third-order valence-corrected chi connectivity index (χ3v) is 7.06. The number of carbonyl (C=O) groups excluding carboxylic acids is 1. The van der Waals surface area contributed by atoms with E-state index in [0.29, 0.717) is 24.2 Å². The first-order chi connectivity index (χ1) is 14.6. The second-order valence-corrected chi connectivity index (χ2v) is 9.09. The van der Waals surface area contributed by atoms with Gasteiger partial charge in [0.05, 0.1) is 23.5 Å². The number of piperidine rings is 1. The van der Waals surface area contributed by atoms with E-state index in [4.69, 9.17) is 9.47 Å². The van der Waals surface area contributed by atoms with Gasteiger partial charge in [0.25, 0.3) is 0 Å². The zero-order chi connectivity index (χ0) is 22.6. The second kappa shape index (κ2) is 9.27. The highest BCUT2D eigenvalue weighted by Gasteiger charge is 2.33. The number of benzene rings is 2.